The molecule has 0 aromatic heterocycles. The zero-order chi connectivity index (χ0) is 17.4. The number of aromatic hydroxyl groups is 1. The molecule has 1 aliphatic rings. The first-order valence-electron chi connectivity index (χ1n) is 6.63. The molecule has 1 saturated heterocycles. The van der Waals surface area contributed by atoms with Gasteiger partial charge in [-0.2, -0.15) is 0 Å². The van der Waals surface area contributed by atoms with Crippen LogP contribution in [0.1, 0.15) is 5.56 Å². The van der Waals surface area contributed by atoms with Crippen LogP contribution in [0.4, 0.5) is 10.1 Å². The summed E-state index contributed by atoms with van der Waals surface area (Å²) in [6, 6.07) is 8.72. The predicted molar refractivity (Wildman–Crippen MR) is 101 cm³/mol. The lowest BCUT2D eigenvalue weighted by molar-refractivity contribution is -0.113. The molecule has 4 nitrogen and oxygen atoms in total. The van der Waals surface area contributed by atoms with Crippen LogP contribution in [0.15, 0.2) is 50.2 Å². The Labute approximate surface area is 158 Å². The molecule has 0 aliphatic carbocycles. The highest BCUT2D eigenvalue weighted by molar-refractivity contribution is 9.11. The van der Waals surface area contributed by atoms with Crippen molar-refractivity contribution in [3.05, 3.63) is 61.6 Å². The Balaban J connectivity index is 1.98. The van der Waals surface area contributed by atoms with Crippen LogP contribution in [0.5, 0.6) is 5.75 Å². The fourth-order valence-corrected chi connectivity index (χ4v) is 4.26. The Hall–Kier alpha value is -1.64. The maximum absolute atomic E-state index is 13.0. The van der Waals surface area contributed by atoms with Gasteiger partial charge in [0, 0.05) is 10.0 Å². The molecule has 1 aliphatic heterocycles. The van der Waals surface area contributed by atoms with E-state index in [1.54, 1.807) is 12.1 Å². The van der Waals surface area contributed by atoms with Crippen LogP contribution < -0.4 is 4.90 Å². The van der Waals surface area contributed by atoms with Gasteiger partial charge in [-0.3, -0.25) is 15.1 Å². The number of amides is 1. The molecule has 24 heavy (non-hydrogen) atoms. The first kappa shape index (κ1) is 17.2. The smallest absolute Gasteiger partial charge is 0.271 e. The van der Waals surface area contributed by atoms with Crippen molar-refractivity contribution >= 4 is 66.5 Å². The molecule has 1 amide bonds. The molecule has 8 heteroatoms. The van der Waals surface area contributed by atoms with Crippen molar-refractivity contribution < 1.29 is 14.3 Å². The first-order chi connectivity index (χ1) is 11.4. The van der Waals surface area contributed by atoms with Crippen LogP contribution in [0, 0.1) is 11.2 Å². The number of hydrogen-bond donors (Lipinski definition) is 2. The molecule has 2 N–H and O–H groups in total. The largest absolute Gasteiger partial charge is 0.506 e. The highest BCUT2D eigenvalue weighted by Crippen LogP contribution is 2.38. The maximum Gasteiger partial charge on any atom is 0.271 e. The first-order valence-corrected chi connectivity index (χ1v) is 9.03. The topological polar surface area (TPSA) is 64.4 Å². The molecule has 1 heterocycles. The molecule has 2 aromatic carbocycles. The molecule has 2 aromatic rings. The van der Waals surface area contributed by atoms with Crippen molar-refractivity contribution in [2.75, 3.05) is 4.90 Å². The molecule has 0 saturated carbocycles. The van der Waals surface area contributed by atoms with Crippen LogP contribution in [-0.4, -0.2) is 16.2 Å². The number of amidine groups is 1. The van der Waals surface area contributed by atoms with E-state index < -0.39 is 11.7 Å². The quantitative estimate of drug-likeness (QED) is 0.598. The number of carbonyl (C=O) groups is 1. The number of phenols is 1. The number of thioether (sulfide) groups is 1. The third kappa shape index (κ3) is 3.26. The molecular weight excluding hydrogens is 463 g/mol. The van der Waals surface area contributed by atoms with E-state index in [9.17, 15) is 14.3 Å². The lowest BCUT2D eigenvalue weighted by Crippen LogP contribution is -2.28. The van der Waals surface area contributed by atoms with Crippen molar-refractivity contribution in [2.45, 2.75) is 0 Å². The Morgan fingerprint density at radius 2 is 1.88 bits per heavy atom. The van der Waals surface area contributed by atoms with Crippen molar-refractivity contribution in [3.8, 4) is 5.75 Å². The second-order valence-corrected chi connectivity index (χ2v) is 7.66. The van der Waals surface area contributed by atoms with Gasteiger partial charge < -0.3 is 5.11 Å². The third-order valence-electron chi connectivity index (χ3n) is 3.25. The number of rotatable bonds is 2. The summed E-state index contributed by atoms with van der Waals surface area (Å²) in [6.45, 7) is 0. The molecular formula is C16H9Br2FN2O2S. The monoisotopic (exact) mass is 470 g/mol. The van der Waals surface area contributed by atoms with Crippen LogP contribution in [0.3, 0.4) is 0 Å². The van der Waals surface area contributed by atoms with Gasteiger partial charge in [0.1, 0.15) is 11.6 Å². The summed E-state index contributed by atoms with van der Waals surface area (Å²) >= 11 is 7.55. The van der Waals surface area contributed by atoms with Gasteiger partial charge in [-0.1, -0.05) is 15.9 Å². The van der Waals surface area contributed by atoms with E-state index in [1.807, 2.05) is 0 Å². The number of hydrogen-bond acceptors (Lipinski definition) is 4. The third-order valence-corrected chi connectivity index (χ3v) is 5.20. The van der Waals surface area contributed by atoms with Crippen molar-refractivity contribution in [3.63, 3.8) is 0 Å². The van der Waals surface area contributed by atoms with E-state index in [2.05, 4.69) is 31.9 Å². The summed E-state index contributed by atoms with van der Waals surface area (Å²) in [5.41, 5.74) is 0.864. The van der Waals surface area contributed by atoms with E-state index in [1.165, 1.54) is 35.2 Å². The van der Waals surface area contributed by atoms with Gasteiger partial charge in [-0.25, -0.2) is 4.39 Å². The molecule has 0 atom stereocenters. The van der Waals surface area contributed by atoms with Crippen molar-refractivity contribution in [1.29, 1.82) is 5.41 Å². The molecule has 122 valence electrons. The number of phenolic OH excluding ortho intramolecular Hbond substituents is 1. The maximum atomic E-state index is 13.0. The molecule has 0 unspecified atom stereocenters. The minimum atomic E-state index is -0.413. The van der Waals surface area contributed by atoms with Crippen LogP contribution in [0.2, 0.25) is 0 Å². The van der Waals surface area contributed by atoms with Crippen LogP contribution >= 0.6 is 43.6 Å². The molecule has 3 rings (SSSR count). The van der Waals surface area contributed by atoms with Gasteiger partial charge in [-0.15, -0.1) is 0 Å². The Bertz CT molecular complexity index is 884. The van der Waals surface area contributed by atoms with Gasteiger partial charge in [0.05, 0.1) is 15.1 Å². The summed E-state index contributed by atoms with van der Waals surface area (Å²) in [6.07, 6.45) is 1.52. The Morgan fingerprint density at radius 3 is 2.54 bits per heavy atom. The van der Waals surface area contributed by atoms with Crippen molar-refractivity contribution in [1.82, 2.24) is 0 Å². The number of halogens is 3. The number of carbonyl (C=O) groups excluding carboxylic acids is 1. The predicted octanol–water partition coefficient (Wildman–Crippen LogP) is 5.11. The SMILES string of the molecule is N=C1S/C(=C\c2cc(Br)cc(Br)c2O)C(=O)N1c1ccc(F)cc1. The van der Waals surface area contributed by atoms with Crippen molar-refractivity contribution in [2.24, 2.45) is 0 Å². The minimum Gasteiger partial charge on any atom is -0.506 e. The number of nitrogens with zero attached hydrogens (tertiary/aromatic N) is 1. The second-order valence-electron chi connectivity index (χ2n) is 4.86. The van der Waals surface area contributed by atoms with E-state index >= 15 is 0 Å². The zero-order valence-electron chi connectivity index (χ0n) is 11.9. The Kier molecular flexibility index (Phi) is 4.80. The fourth-order valence-electron chi connectivity index (χ4n) is 2.15. The molecule has 0 radical (unpaired) electrons. The highest BCUT2D eigenvalue weighted by atomic mass is 79.9. The average molecular weight is 472 g/mol. The van der Waals surface area contributed by atoms with E-state index in [4.69, 9.17) is 5.41 Å². The second kappa shape index (κ2) is 6.70. The number of benzene rings is 2. The van der Waals surface area contributed by atoms with Gasteiger partial charge in [0.15, 0.2) is 5.17 Å². The van der Waals surface area contributed by atoms with E-state index in [0.717, 1.165) is 16.2 Å². The highest BCUT2D eigenvalue weighted by Gasteiger charge is 2.33. The normalized spacial score (nSPS) is 16.3. The fraction of sp³-hybridized carbons (Fsp3) is 0. The summed E-state index contributed by atoms with van der Waals surface area (Å²) in [7, 11) is 0. The summed E-state index contributed by atoms with van der Waals surface area (Å²) in [4.78, 5) is 14.1. The minimum absolute atomic E-state index is 0.00543. The molecule has 1 fully saturated rings. The summed E-state index contributed by atoms with van der Waals surface area (Å²) < 4.78 is 14.3. The van der Waals surface area contributed by atoms with Crippen LogP contribution in [-0.2, 0) is 4.79 Å². The summed E-state index contributed by atoms with van der Waals surface area (Å²) in [5.74, 6) is -0.803. The van der Waals surface area contributed by atoms with Gasteiger partial charge >= 0.3 is 0 Å². The molecule has 0 spiro atoms. The number of nitrogens with one attached hydrogen (secondary N) is 1. The lowest BCUT2D eigenvalue weighted by Gasteiger charge is -2.14. The van der Waals surface area contributed by atoms with Gasteiger partial charge in [0.25, 0.3) is 5.91 Å². The zero-order valence-corrected chi connectivity index (χ0v) is 15.9. The number of anilines is 1. The van der Waals surface area contributed by atoms with Gasteiger partial charge in [-0.05, 0) is 70.2 Å². The van der Waals surface area contributed by atoms with E-state index in [-0.39, 0.29) is 10.9 Å². The Morgan fingerprint density at radius 1 is 1.21 bits per heavy atom. The van der Waals surface area contributed by atoms with E-state index in [0.29, 0.717) is 20.6 Å². The standard InChI is InChI=1S/C16H9Br2FN2O2S/c17-9-5-8(14(22)12(18)7-9)6-13-15(23)21(16(20)24-13)11-3-1-10(19)2-4-11/h1-7,20,22H/b13-6-,20-16?. The van der Waals surface area contributed by atoms with Crippen LogP contribution in [0.25, 0.3) is 6.08 Å². The lowest BCUT2D eigenvalue weighted by atomic mass is 10.2. The average Bonchev–Trinajstić information content (AvgIpc) is 2.80. The van der Waals surface area contributed by atoms with Gasteiger partial charge in [0.2, 0.25) is 0 Å². The summed E-state index contributed by atoms with van der Waals surface area (Å²) in [5, 5.41) is 18.1. The molecule has 0 bridgehead atoms.